The molecule has 1 heterocycles. The topological polar surface area (TPSA) is 48.4 Å². The monoisotopic (exact) mass is 211 g/mol. The first-order valence-electron chi connectivity index (χ1n) is 5.37. The molecule has 0 aliphatic rings. The van der Waals surface area contributed by atoms with Gasteiger partial charge in [-0.15, -0.1) is 0 Å². The SMILES string of the molecule is Cc1oc(C)c(C(N)COC(C)C)c1C. The van der Waals surface area contributed by atoms with Crippen molar-refractivity contribution in [1.82, 2.24) is 0 Å². The van der Waals surface area contributed by atoms with Gasteiger partial charge in [-0.1, -0.05) is 0 Å². The molecule has 0 bridgehead atoms. The number of aryl methyl sites for hydroxylation is 2. The van der Waals surface area contributed by atoms with Gasteiger partial charge in [0.2, 0.25) is 0 Å². The molecule has 1 atom stereocenters. The molecule has 15 heavy (non-hydrogen) atoms. The van der Waals surface area contributed by atoms with Crippen molar-refractivity contribution in [2.45, 2.75) is 46.8 Å². The predicted octanol–water partition coefficient (Wildman–Crippen LogP) is 2.63. The van der Waals surface area contributed by atoms with E-state index in [1.54, 1.807) is 0 Å². The van der Waals surface area contributed by atoms with E-state index in [-0.39, 0.29) is 12.1 Å². The lowest BCUT2D eigenvalue weighted by molar-refractivity contribution is 0.0679. The lowest BCUT2D eigenvalue weighted by Crippen LogP contribution is -2.20. The van der Waals surface area contributed by atoms with Gasteiger partial charge in [0.05, 0.1) is 18.8 Å². The summed E-state index contributed by atoms with van der Waals surface area (Å²) in [6.07, 6.45) is 0.213. The van der Waals surface area contributed by atoms with Gasteiger partial charge in [-0.2, -0.15) is 0 Å². The predicted molar refractivity (Wildman–Crippen MR) is 60.9 cm³/mol. The van der Waals surface area contributed by atoms with E-state index in [1.807, 2.05) is 34.6 Å². The van der Waals surface area contributed by atoms with Crippen LogP contribution in [0, 0.1) is 20.8 Å². The van der Waals surface area contributed by atoms with Crippen LogP contribution in [-0.4, -0.2) is 12.7 Å². The highest BCUT2D eigenvalue weighted by Gasteiger charge is 2.18. The van der Waals surface area contributed by atoms with E-state index in [9.17, 15) is 0 Å². The fourth-order valence-electron chi connectivity index (χ4n) is 1.73. The molecule has 1 unspecified atom stereocenters. The number of furan rings is 1. The van der Waals surface area contributed by atoms with Crippen molar-refractivity contribution in [3.8, 4) is 0 Å². The Balaban J connectivity index is 2.77. The molecule has 0 amide bonds. The lowest BCUT2D eigenvalue weighted by Gasteiger charge is -2.14. The molecule has 0 fully saturated rings. The molecule has 0 saturated heterocycles. The zero-order valence-corrected chi connectivity index (χ0v) is 10.3. The highest BCUT2D eigenvalue weighted by molar-refractivity contribution is 5.34. The average molecular weight is 211 g/mol. The van der Waals surface area contributed by atoms with Crippen molar-refractivity contribution in [2.24, 2.45) is 5.73 Å². The summed E-state index contributed by atoms with van der Waals surface area (Å²) in [5, 5.41) is 0. The van der Waals surface area contributed by atoms with Gasteiger partial charge in [-0.05, 0) is 40.2 Å². The molecule has 1 aromatic heterocycles. The Kier molecular flexibility index (Phi) is 3.94. The van der Waals surface area contributed by atoms with Crippen LogP contribution in [0.15, 0.2) is 4.42 Å². The fraction of sp³-hybridized carbons (Fsp3) is 0.667. The lowest BCUT2D eigenvalue weighted by atomic mass is 10.0. The Hall–Kier alpha value is -0.800. The van der Waals surface area contributed by atoms with E-state index in [0.29, 0.717) is 6.61 Å². The second-order valence-corrected chi connectivity index (χ2v) is 4.24. The van der Waals surface area contributed by atoms with Gasteiger partial charge in [0.15, 0.2) is 0 Å². The standard InChI is InChI=1S/C12H21NO2/c1-7(2)14-6-11(13)12-8(3)9(4)15-10(12)5/h7,11H,6,13H2,1-5H3. The summed E-state index contributed by atoms with van der Waals surface area (Å²) in [6, 6.07) is -0.0927. The van der Waals surface area contributed by atoms with E-state index in [4.69, 9.17) is 14.9 Å². The van der Waals surface area contributed by atoms with Gasteiger partial charge in [-0.25, -0.2) is 0 Å². The van der Waals surface area contributed by atoms with Crippen molar-refractivity contribution in [3.63, 3.8) is 0 Å². The van der Waals surface area contributed by atoms with Crippen LogP contribution in [0.25, 0.3) is 0 Å². The van der Waals surface area contributed by atoms with Gasteiger partial charge in [0.25, 0.3) is 0 Å². The second-order valence-electron chi connectivity index (χ2n) is 4.24. The summed E-state index contributed by atoms with van der Waals surface area (Å²) in [7, 11) is 0. The highest BCUT2D eigenvalue weighted by atomic mass is 16.5. The van der Waals surface area contributed by atoms with Gasteiger partial charge in [-0.3, -0.25) is 0 Å². The highest BCUT2D eigenvalue weighted by Crippen LogP contribution is 2.25. The number of ether oxygens (including phenoxy) is 1. The van der Waals surface area contributed by atoms with Crippen LogP contribution in [0.3, 0.4) is 0 Å². The third kappa shape index (κ3) is 2.83. The third-order valence-corrected chi connectivity index (χ3v) is 2.60. The van der Waals surface area contributed by atoms with E-state index in [1.165, 1.54) is 0 Å². The first-order chi connectivity index (χ1) is 6.93. The van der Waals surface area contributed by atoms with E-state index >= 15 is 0 Å². The number of rotatable bonds is 4. The minimum atomic E-state index is -0.0927. The van der Waals surface area contributed by atoms with Crippen molar-refractivity contribution in [2.75, 3.05) is 6.61 Å². The van der Waals surface area contributed by atoms with Crippen LogP contribution < -0.4 is 5.73 Å². The Morgan fingerprint density at radius 2 is 1.80 bits per heavy atom. The normalized spacial score (nSPS) is 13.5. The molecule has 2 N–H and O–H groups in total. The molecule has 0 spiro atoms. The fourth-order valence-corrected chi connectivity index (χ4v) is 1.73. The van der Waals surface area contributed by atoms with Gasteiger partial charge < -0.3 is 14.9 Å². The van der Waals surface area contributed by atoms with Crippen LogP contribution in [0.5, 0.6) is 0 Å². The maximum atomic E-state index is 6.07. The summed E-state index contributed by atoms with van der Waals surface area (Å²) in [5.41, 5.74) is 8.31. The van der Waals surface area contributed by atoms with Crippen molar-refractivity contribution in [1.29, 1.82) is 0 Å². The zero-order valence-electron chi connectivity index (χ0n) is 10.3. The van der Waals surface area contributed by atoms with Crippen molar-refractivity contribution >= 4 is 0 Å². The van der Waals surface area contributed by atoms with Crippen molar-refractivity contribution < 1.29 is 9.15 Å². The largest absolute Gasteiger partial charge is 0.466 e. The van der Waals surface area contributed by atoms with Crippen LogP contribution in [0.2, 0.25) is 0 Å². The smallest absolute Gasteiger partial charge is 0.106 e. The molecule has 0 aliphatic carbocycles. The third-order valence-electron chi connectivity index (χ3n) is 2.60. The number of hydrogen-bond donors (Lipinski definition) is 1. The average Bonchev–Trinajstić information content (AvgIpc) is 2.37. The molecular formula is C12H21NO2. The number of hydrogen-bond acceptors (Lipinski definition) is 3. The minimum absolute atomic E-state index is 0.0927. The molecule has 0 radical (unpaired) electrons. The molecule has 1 aromatic rings. The van der Waals surface area contributed by atoms with Gasteiger partial charge in [0.1, 0.15) is 11.5 Å². The first-order valence-corrected chi connectivity index (χ1v) is 5.37. The van der Waals surface area contributed by atoms with Crippen LogP contribution in [0.4, 0.5) is 0 Å². The van der Waals surface area contributed by atoms with Crippen LogP contribution in [0.1, 0.15) is 42.5 Å². The first kappa shape index (κ1) is 12.3. The molecule has 3 heteroatoms. The van der Waals surface area contributed by atoms with E-state index in [2.05, 4.69) is 0 Å². The summed E-state index contributed by atoms with van der Waals surface area (Å²) in [5.74, 6) is 1.85. The number of nitrogens with two attached hydrogens (primary N) is 1. The minimum Gasteiger partial charge on any atom is -0.466 e. The molecule has 0 saturated carbocycles. The summed E-state index contributed by atoms with van der Waals surface area (Å²) in [6.45, 7) is 10.5. The molecule has 0 aromatic carbocycles. The molecule has 0 aliphatic heterocycles. The maximum absolute atomic E-state index is 6.07. The summed E-state index contributed by atoms with van der Waals surface area (Å²) >= 11 is 0. The Bertz CT molecular complexity index is 329. The molecule has 86 valence electrons. The van der Waals surface area contributed by atoms with Crippen LogP contribution in [-0.2, 0) is 4.74 Å². The molecule has 3 nitrogen and oxygen atoms in total. The van der Waals surface area contributed by atoms with Crippen LogP contribution >= 0.6 is 0 Å². The van der Waals surface area contributed by atoms with Crippen molar-refractivity contribution in [3.05, 3.63) is 22.6 Å². The van der Waals surface area contributed by atoms with E-state index in [0.717, 1.165) is 22.6 Å². The zero-order chi connectivity index (χ0) is 11.6. The summed E-state index contributed by atoms with van der Waals surface area (Å²) in [4.78, 5) is 0. The Labute approximate surface area is 91.6 Å². The molecule has 1 rings (SSSR count). The Morgan fingerprint density at radius 3 is 2.20 bits per heavy atom. The quantitative estimate of drug-likeness (QED) is 0.832. The molecular weight excluding hydrogens is 190 g/mol. The second kappa shape index (κ2) is 4.81. The Morgan fingerprint density at radius 1 is 1.20 bits per heavy atom. The van der Waals surface area contributed by atoms with Gasteiger partial charge in [0, 0.05) is 5.56 Å². The van der Waals surface area contributed by atoms with E-state index < -0.39 is 0 Å². The maximum Gasteiger partial charge on any atom is 0.106 e. The summed E-state index contributed by atoms with van der Waals surface area (Å²) < 4.78 is 11.0. The van der Waals surface area contributed by atoms with Gasteiger partial charge >= 0.3 is 0 Å².